The number of benzene rings is 1. The molecule has 0 unspecified atom stereocenters. The number of nitrogens with zero attached hydrogens (tertiary/aromatic N) is 1. The third-order valence-electron chi connectivity index (χ3n) is 2.18. The van der Waals surface area contributed by atoms with Crippen LogP contribution in [0.1, 0.15) is 0 Å². The molecule has 0 saturated heterocycles. The van der Waals surface area contributed by atoms with Gasteiger partial charge in [-0.05, 0) is 34.7 Å². The van der Waals surface area contributed by atoms with Crippen molar-refractivity contribution in [1.82, 2.24) is 9.55 Å². The molecule has 0 radical (unpaired) electrons. The summed E-state index contributed by atoms with van der Waals surface area (Å²) in [6.45, 7) is 0. The summed E-state index contributed by atoms with van der Waals surface area (Å²) in [6, 6.07) is 3.80. The largest absolute Gasteiger partial charge is 0.334 e. The van der Waals surface area contributed by atoms with Crippen LogP contribution < -0.4 is 11.2 Å². The van der Waals surface area contributed by atoms with Crippen LogP contribution in [-0.2, 0) is 0 Å². The van der Waals surface area contributed by atoms with E-state index in [0.29, 0.717) is 4.57 Å². The number of hydrogen-bond donors (Lipinski definition) is 1. The molecule has 94 valence electrons. The van der Waals surface area contributed by atoms with Crippen LogP contribution in [0.15, 0.2) is 27.8 Å². The molecule has 1 aromatic carbocycles. The van der Waals surface area contributed by atoms with Crippen LogP contribution in [0.2, 0.25) is 5.15 Å². The van der Waals surface area contributed by atoms with Crippen LogP contribution in [-0.4, -0.2) is 9.55 Å². The molecule has 0 spiro atoms. The molecule has 0 fully saturated rings. The third kappa shape index (κ3) is 2.07. The quantitative estimate of drug-likeness (QED) is 0.604. The summed E-state index contributed by atoms with van der Waals surface area (Å²) < 4.78 is 27.2. The second kappa shape index (κ2) is 4.81. The number of halogens is 4. The Morgan fingerprint density at radius 1 is 1.28 bits per heavy atom. The highest BCUT2D eigenvalue weighted by Crippen LogP contribution is 2.18. The van der Waals surface area contributed by atoms with Crippen LogP contribution >= 0.6 is 34.2 Å². The van der Waals surface area contributed by atoms with E-state index < -0.39 is 28.0 Å². The maximum atomic E-state index is 13.4. The van der Waals surface area contributed by atoms with Crippen LogP contribution in [0.25, 0.3) is 5.69 Å². The summed E-state index contributed by atoms with van der Waals surface area (Å²) >= 11 is 6.95. The zero-order valence-corrected chi connectivity index (χ0v) is 11.4. The molecule has 0 aliphatic heterocycles. The fourth-order valence-corrected chi connectivity index (χ4v) is 2.14. The summed E-state index contributed by atoms with van der Waals surface area (Å²) in [4.78, 5) is 25.2. The number of aromatic nitrogens is 2. The highest BCUT2D eigenvalue weighted by atomic mass is 127. The van der Waals surface area contributed by atoms with E-state index in [4.69, 9.17) is 11.6 Å². The standard InChI is InChI=1S/C10H4ClF2IN2O2/c11-8-6(13)9(17)16(10(18)15-8)5-3-1-2-4(12)7(5)14/h1-3H,(H,15,18). The molecule has 0 saturated carbocycles. The number of aromatic amines is 1. The fraction of sp³-hybridized carbons (Fsp3) is 0. The van der Waals surface area contributed by atoms with Crippen molar-refractivity contribution in [3.8, 4) is 5.69 Å². The Morgan fingerprint density at radius 2 is 1.94 bits per heavy atom. The van der Waals surface area contributed by atoms with E-state index in [2.05, 4.69) is 0 Å². The second-order valence-corrected chi connectivity index (χ2v) is 4.73. The normalized spacial score (nSPS) is 10.7. The Balaban J connectivity index is 2.89. The van der Waals surface area contributed by atoms with Gasteiger partial charge in [0.15, 0.2) is 5.15 Å². The molecule has 1 N–H and O–H groups in total. The van der Waals surface area contributed by atoms with Gasteiger partial charge in [-0.15, -0.1) is 0 Å². The molecule has 0 aliphatic rings. The van der Waals surface area contributed by atoms with Crippen molar-refractivity contribution in [2.75, 3.05) is 0 Å². The molecule has 0 atom stereocenters. The number of nitrogens with one attached hydrogen (secondary N) is 1. The van der Waals surface area contributed by atoms with Gasteiger partial charge in [0.05, 0.1) is 9.26 Å². The average Bonchev–Trinajstić information content (AvgIpc) is 2.32. The first-order chi connectivity index (χ1) is 8.43. The lowest BCUT2D eigenvalue weighted by Crippen LogP contribution is -2.36. The summed E-state index contributed by atoms with van der Waals surface area (Å²) in [5.41, 5.74) is -2.21. The van der Waals surface area contributed by atoms with Gasteiger partial charge in [-0.25, -0.2) is 13.8 Å². The maximum Gasteiger partial charge on any atom is 0.334 e. The van der Waals surface area contributed by atoms with Gasteiger partial charge in [0.25, 0.3) is 5.56 Å². The van der Waals surface area contributed by atoms with Gasteiger partial charge in [0, 0.05) is 0 Å². The Bertz CT molecular complexity index is 742. The first kappa shape index (κ1) is 13.2. The fourth-order valence-electron chi connectivity index (χ4n) is 1.37. The van der Waals surface area contributed by atoms with Crippen molar-refractivity contribution in [3.63, 3.8) is 0 Å². The highest BCUT2D eigenvalue weighted by Gasteiger charge is 2.16. The Labute approximate surface area is 117 Å². The highest BCUT2D eigenvalue weighted by molar-refractivity contribution is 14.1. The maximum absolute atomic E-state index is 13.4. The topological polar surface area (TPSA) is 54.9 Å². The first-order valence-corrected chi connectivity index (χ1v) is 6.04. The van der Waals surface area contributed by atoms with Crippen LogP contribution in [0.4, 0.5) is 8.78 Å². The lowest BCUT2D eigenvalue weighted by Gasteiger charge is -2.07. The Morgan fingerprint density at radius 3 is 2.61 bits per heavy atom. The van der Waals surface area contributed by atoms with Crippen molar-refractivity contribution in [2.24, 2.45) is 0 Å². The third-order valence-corrected chi connectivity index (χ3v) is 3.50. The molecule has 2 aromatic rings. The van der Waals surface area contributed by atoms with E-state index >= 15 is 0 Å². The summed E-state index contributed by atoms with van der Waals surface area (Å²) in [7, 11) is 0. The molecule has 4 nitrogen and oxygen atoms in total. The van der Waals surface area contributed by atoms with Gasteiger partial charge in [-0.2, -0.15) is 4.39 Å². The lowest BCUT2D eigenvalue weighted by atomic mass is 10.3. The summed E-state index contributed by atoms with van der Waals surface area (Å²) in [6.07, 6.45) is 0. The molecular formula is C10H4ClF2IN2O2. The minimum atomic E-state index is -1.30. The minimum absolute atomic E-state index is 0.0319. The van der Waals surface area contributed by atoms with Gasteiger partial charge < -0.3 is 0 Å². The SMILES string of the molecule is O=c1[nH]c(Cl)c(F)c(=O)n1-c1cccc(F)c1I. The molecule has 1 aromatic heterocycles. The van der Waals surface area contributed by atoms with Crippen molar-refractivity contribution >= 4 is 34.2 Å². The van der Waals surface area contributed by atoms with Gasteiger partial charge in [0.1, 0.15) is 5.82 Å². The van der Waals surface area contributed by atoms with Gasteiger partial charge >= 0.3 is 5.69 Å². The van der Waals surface area contributed by atoms with Crippen molar-refractivity contribution in [3.05, 3.63) is 59.4 Å². The summed E-state index contributed by atoms with van der Waals surface area (Å²) in [5.74, 6) is -1.91. The molecule has 1 heterocycles. The average molecular weight is 385 g/mol. The molecular weight excluding hydrogens is 380 g/mol. The lowest BCUT2D eigenvalue weighted by molar-refractivity contribution is 0.581. The van der Waals surface area contributed by atoms with Crippen LogP contribution in [0, 0.1) is 15.2 Å². The Kier molecular flexibility index (Phi) is 3.53. The van der Waals surface area contributed by atoms with Crippen molar-refractivity contribution in [1.29, 1.82) is 0 Å². The van der Waals surface area contributed by atoms with E-state index in [9.17, 15) is 18.4 Å². The molecule has 2 rings (SSSR count). The number of H-pyrrole nitrogens is 1. The zero-order valence-electron chi connectivity index (χ0n) is 8.51. The zero-order chi connectivity index (χ0) is 13.4. The second-order valence-electron chi connectivity index (χ2n) is 3.27. The number of hydrogen-bond acceptors (Lipinski definition) is 2. The van der Waals surface area contributed by atoms with E-state index in [0.717, 1.165) is 6.07 Å². The monoisotopic (exact) mass is 384 g/mol. The van der Waals surface area contributed by atoms with Crippen molar-refractivity contribution < 1.29 is 8.78 Å². The van der Waals surface area contributed by atoms with E-state index in [-0.39, 0.29) is 9.26 Å². The van der Waals surface area contributed by atoms with Gasteiger partial charge in [-0.1, -0.05) is 17.7 Å². The first-order valence-electron chi connectivity index (χ1n) is 4.58. The van der Waals surface area contributed by atoms with E-state index in [1.165, 1.54) is 12.1 Å². The molecule has 8 heteroatoms. The van der Waals surface area contributed by atoms with Crippen LogP contribution in [0.5, 0.6) is 0 Å². The number of rotatable bonds is 1. The van der Waals surface area contributed by atoms with Crippen molar-refractivity contribution in [2.45, 2.75) is 0 Å². The molecule has 0 aliphatic carbocycles. The van der Waals surface area contributed by atoms with E-state index in [1.807, 2.05) is 4.98 Å². The van der Waals surface area contributed by atoms with E-state index in [1.54, 1.807) is 22.6 Å². The van der Waals surface area contributed by atoms with Crippen LogP contribution in [0.3, 0.4) is 0 Å². The smallest absolute Gasteiger partial charge is 0.295 e. The predicted octanol–water partition coefficient (Wildman–Crippen LogP) is 2.06. The predicted molar refractivity (Wildman–Crippen MR) is 70.3 cm³/mol. The van der Waals surface area contributed by atoms with Gasteiger partial charge in [0.2, 0.25) is 5.82 Å². The Hall–Kier alpha value is -1.22. The summed E-state index contributed by atoms with van der Waals surface area (Å²) in [5, 5.41) is -0.673. The molecule has 0 amide bonds. The van der Waals surface area contributed by atoms with Gasteiger partial charge in [-0.3, -0.25) is 9.78 Å². The minimum Gasteiger partial charge on any atom is -0.295 e. The molecule has 0 bridgehead atoms. The molecule has 18 heavy (non-hydrogen) atoms.